The fraction of sp³-hybridized carbons (Fsp3) is 0.650. The van der Waals surface area contributed by atoms with E-state index in [0.29, 0.717) is 5.92 Å². The van der Waals surface area contributed by atoms with Crippen molar-refractivity contribution in [2.75, 3.05) is 5.32 Å². The van der Waals surface area contributed by atoms with E-state index in [-0.39, 0.29) is 18.2 Å². The van der Waals surface area contributed by atoms with Gasteiger partial charge < -0.3 is 15.4 Å². The minimum Gasteiger partial charge on any atom is -0.444 e. The van der Waals surface area contributed by atoms with Gasteiger partial charge in [-0.05, 0) is 52.4 Å². The lowest BCUT2D eigenvalue weighted by Crippen LogP contribution is -2.38. The topological polar surface area (TPSA) is 80.5 Å². The summed E-state index contributed by atoms with van der Waals surface area (Å²) in [6, 6.07) is 4.44. The first kappa shape index (κ1) is 19.5. The quantitative estimate of drug-likeness (QED) is 0.825. The van der Waals surface area contributed by atoms with Gasteiger partial charge in [-0.3, -0.25) is 0 Å². The van der Waals surface area contributed by atoms with E-state index in [1.165, 1.54) is 0 Å². The van der Waals surface area contributed by atoms with Gasteiger partial charge in [-0.1, -0.05) is 13.8 Å². The van der Waals surface area contributed by atoms with Gasteiger partial charge in [-0.2, -0.15) is 9.61 Å². The molecule has 0 saturated heterocycles. The summed E-state index contributed by atoms with van der Waals surface area (Å²) in [5, 5.41) is 11.0. The monoisotopic (exact) mass is 373 g/mol. The van der Waals surface area contributed by atoms with Gasteiger partial charge >= 0.3 is 6.09 Å². The molecule has 2 N–H and O–H groups in total. The molecule has 3 rings (SSSR count). The lowest BCUT2D eigenvalue weighted by atomic mass is 10.0. The Kier molecular flexibility index (Phi) is 5.58. The fourth-order valence-electron chi connectivity index (χ4n) is 3.42. The van der Waals surface area contributed by atoms with E-state index >= 15 is 0 Å². The number of ether oxygens (including phenoxy) is 1. The molecule has 1 aliphatic rings. The SMILES string of the molecule is CCC(C)c1cc(N[C@@H]2CC[C@H](NC(=O)OC(C)(C)C)C2)n2nccc2n1. The molecule has 148 valence electrons. The van der Waals surface area contributed by atoms with Crippen molar-refractivity contribution < 1.29 is 9.53 Å². The minimum atomic E-state index is -0.477. The highest BCUT2D eigenvalue weighted by Crippen LogP contribution is 2.26. The number of rotatable bonds is 5. The van der Waals surface area contributed by atoms with Gasteiger partial charge in [0, 0.05) is 29.9 Å². The van der Waals surface area contributed by atoms with Gasteiger partial charge in [0.05, 0.1) is 6.20 Å². The van der Waals surface area contributed by atoms with Gasteiger partial charge in [-0.25, -0.2) is 9.78 Å². The standard InChI is InChI=1S/C20H31N5O2/c1-6-13(2)16-12-18(25-17(24-16)9-10-21-25)22-14-7-8-15(11-14)23-19(26)27-20(3,4)5/h9-10,12-15,22H,6-8,11H2,1-5H3,(H,23,26)/t13?,14-,15+/m1/s1. The average molecular weight is 374 g/mol. The highest BCUT2D eigenvalue weighted by Gasteiger charge is 2.28. The van der Waals surface area contributed by atoms with Crippen LogP contribution in [0.3, 0.4) is 0 Å². The summed E-state index contributed by atoms with van der Waals surface area (Å²) in [6.45, 7) is 9.98. The predicted octanol–water partition coefficient (Wildman–Crippen LogP) is 4.10. The molecule has 0 aliphatic heterocycles. The molecular formula is C20H31N5O2. The Morgan fingerprint density at radius 3 is 2.81 bits per heavy atom. The maximum atomic E-state index is 12.0. The van der Waals surface area contributed by atoms with E-state index in [0.717, 1.165) is 42.8 Å². The summed E-state index contributed by atoms with van der Waals surface area (Å²) in [6.07, 6.45) is 5.26. The molecule has 3 atom stereocenters. The van der Waals surface area contributed by atoms with E-state index in [4.69, 9.17) is 9.72 Å². The number of fused-ring (bicyclic) bond motifs is 1. The largest absolute Gasteiger partial charge is 0.444 e. The number of aromatic nitrogens is 3. The second kappa shape index (κ2) is 7.74. The molecule has 2 aromatic rings. The van der Waals surface area contributed by atoms with Crippen LogP contribution in [0.15, 0.2) is 18.3 Å². The van der Waals surface area contributed by atoms with Gasteiger partial charge in [0.15, 0.2) is 5.65 Å². The molecule has 1 fully saturated rings. The molecule has 1 unspecified atom stereocenters. The summed E-state index contributed by atoms with van der Waals surface area (Å²) in [4.78, 5) is 16.7. The molecule has 2 heterocycles. The Labute approximate surface area is 160 Å². The molecular weight excluding hydrogens is 342 g/mol. The Balaban J connectivity index is 1.66. The van der Waals surface area contributed by atoms with E-state index in [9.17, 15) is 4.79 Å². The van der Waals surface area contributed by atoms with E-state index in [1.54, 1.807) is 6.20 Å². The predicted molar refractivity (Wildman–Crippen MR) is 106 cm³/mol. The number of amides is 1. The Morgan fingerprint density at radius 2 is 2.11 bits per heavy atom. The Morgan fingerprint density at radius 1 is 1.37 bits per heavy atom. The Hall–Kier alpha value is -2.31. The van der Waals surface area contributed by atoms with Crippen LogP contribution in [-0.2, 0) is 4.74 Å². The number of carbonyl (C=O) groups excluding carboxylic acids is 1. The van der Waals surface area contributed by atoms with Crippen LogP contribution < -0.4 is 10.6 Å². The van der Waals surface area contributed by atoms with Crippen LogP contribution in [-0.4, -0.2) is 38.4 Å². The van der Waals surface area contributed by atoms with Crippen LogP contribution in [0.1, 0.15) is 71.9 Å². The van der Waals surface area contributed by atoms with Crippen molar-refractivity contribution in [1.82, 2.24) is 19.9 Å². The summed E-state index contributed by atoms with van der Waals surface area (Å²) >= 11 is 0. The maximum Gasteiger partial charge on any atom is 0.407 e. The first-order valence-corrected chi connectivity index (χ1v) is 9.86. The van der Waals surface area contributed by atoms with Crippen molar-refractivity contribution in [2.24, 2.45) is 0 Å². The number of carbonyl (C=O) groups is 1. The zero-order valence-corrected chi connectivity index (χ0v) is 17.0. The molecule has 0 bridgehead atoms. The number of nitrogens with zero attached hydrogens (tertiary/aromatic N) is 3. The molecule has 0 aromatic carbocycles. The van der Waals surface area contributed by atoms with Crippen LogP contribution in [0, 0.1) is 0 Å². The summed E-state index contributed by atoms with van der Waals surface area (Å²) < 4.78 is 7.21. The average Bonchev–Trinajstić information content (AvgIpc) is 3.21. The number of hydrogen-bond donors (Lipinski definition) is 2. The summed E-state index contributed by atoms with van der Waals surface area (Å²) in [5.74, 6) is 1.36. The van der Waals surface area contributed by atoms with E-state index in [1.807, 2.05) is 31.4 Å². The minimum absolute atomic E-state index is 0.126. The third-order valence-corrected chi connectivity index (χ3v) is 5.00. The van der Waals surface area contributed by atoms with Crippen molar-refractivity contribution in [2.45, 2.75) is 83.9 Å². The lowest BCUT2D eigenvalue weighted by molar-refractivity contribution is 0.0505. The highest BCUT2D eigenvalue weighted by atomic mass is 16.6. The number of hydrogen-bond acceptors (Lipinski definition) is 5. The second-order valence-electron chi connectivity index (χ2n) is 8.47. The Bertz CT molecular complexity index is 795. The zero-order chi connectivity index (χ0) is 19.6. The first-order valence-electron chi connectivity index (χ1n) is 9.86. The summed E-state index contributed by atoms with van der Waals surface area (Å²) in [5.41, 5.74) is 1.46. The van der Waals surface area contributed by atoms with Crippen LogP contribution in [0.4, 0.5) is 10.6 Å². The normalized spacial score (nSPS) is 21.2. The third kappa shape index (κ3) is 4.90. The molecule has 0 radical (unpaired) electrons. The smallest absolute Gasteiger partial charge is 0.407 e. The number of alkyl carbamates (subject to hydrolysis) is 1. The molecule has 1 saturated carbocycles. The van der Waals surface area contributed by atoms with Crippen LogP contribution in [0.5, 0.6) is 0 Å². The third-order valence-electron chi connectivity index (χ3n) is 5.00. The van der Waals surface area contributed by atoms with Gasteiger partial charge in [0.25, 0.3) is 0 Å². The van der Waals surface area contributed by atoms with Gasteiger partial charge in [0.1, 0.15) is 11.4 Å². The second-order valence-corrected chi connectivity index (χ2v) is 8.47. The zero-order valence-electron chi connectivity index (χ0n) is 17.0. The molecule has 7 heteroatoms. The van der Waals surface area contributed by atoms with Crippen molar-refractivity contribution in [3.05, 3.63) is 24.0 Å². The number of nitrogens with one attached hydrogen (secondary N) is 2. The molecule has 7 nitrogen and oxygen atoms in total. The van der Waals surface area contributed by atoms with Gasteiger partial charge in [-0.15, -0.1) is 0 Å². The molecule has 1 aliphatic carbocycles. The number of anilines is 1. The summed E-state index contributed by atoms with van der Waals surface area (Å²) in [7, 11) is 0. The van der Waals surface area contributed by atoms with Crippen LogP contribution in [0.2, 0.25) is 0 Å². The van der Waals surface area contributed by atoms with Crippen molar-refractivity contribution in [3.63, 3.8) is 0 Å². The lowest BCUT2D eigenvalue weighted by Gasteiger charge is -2.22. The molecule has 1 amide bonds. The fourth-order valence-corrected chi connectivity index (χ4v) is 3.42. The maximum absolute atomic E-state index is 12.0. The first-order chi connectivity index (χ1) is 12.7. The molecule has 0 spiro atoms. The highest BCUT2D eigenvalue weighted by molar-refractivity contribution is 5.68. The molecule has 27 heavy (non-hydrogen) atoms. The van der Waals surface area contributed by atoms with Crippen molar-refractivity contribution >= 4 is 17.6 Å². The van der Waals surface area contributed by atoms with Crippen molar-refractivity contribution in [3.8, 4) is 0 Å². The van der Waals surface area contributed by atoms with Gasteiger partial charge in [0.2, 0.25) is 0 Å². The van der Waals surface area contributed by atoms with E-state index in [2.05, 4.69) is 35.6 Å². The van der Waals surface area contributed by atoms with E-state index < -0.39 is 5.60 Å². The van der Waals surface area contributed by atoms with Crippen LogP contribution >= 0.6 is 0 Å². The van der Waals surface area contributed by atoms with Crippen LogP contribution in [0.25, 0.3) is 5.65 Å². The van der Waals surface area contributed by atoms with Crippen molar-refractivity contribution in [1.29, 1.82) is 0 Å². The molecule has 2 aromatic heterocycles.